The maximum absolute atomic E-state index is 6.76. The topological polar surface area (TPSA) is 35.2 Å². The highest BCUT2D eigenvalue weighted by Crippen LogP contribution is 2.44. The molecular weight excluding hydrogens is 278 g/mol. The minimum atomic E-state index is -0.190. The average Bonchev–Trinajstić information content (AvgIpc) is 2.95. The van der Waals surface area contributed by atoms with Crippen LogP contribution in [-0.4, -0.2) is 12.2 Å². The maximum atomic E-state index is 6.76. The summed E-state index contributed by atoms with van der Waals surface area (Å²) >= 11 is 1.79. The molecule has 1 aliphatic carbocycles. The molecule has 0 spiro atoms. The molecule has 114 valence electrons. The number of nitrogens with two attached hydrogens (primary N) is 1. The van der Waals surface area contributed by atoms with Crippen LogP contribution in [0.25, 0.3) is 10.1 Å². The highest BCUT2D eigenvalue weighted by Gasteiger charge is 2.42. The molecular formula is C18H25NOS. The minimum absolute atomic E-state index is 0.0393. The van der Waals surface area contributed by atoms with E-state index in [4.69, 9.17) is 10.5 Å². The first-order valence-corrected chi connectivity index (χ1v) is 8.90. The highest BCUT2D eigenvalue weighted by atomic mass is 32.1. The predicted octanol–water partition coefficient (Wildman–Crippen LogP) is 4.89. The lowest BCUT2D eigenvalue weighted by Crippen LogP contribution is -2.47. The van der Waals surface area contributed by atoms with Gasteiger partial charge in [0.1, 0.15) is 0 Å². The fourth-order valence-corrected chi connectivity index (χ4v) is 4.83. The second kappa shape index (κ2) is 6.07. The van der Waals surface area contributed by atoms with Crippen LogP contribution in [0, 0.1) is 5.92 Å². The molecule has 3 rings (SSSR count). The predicted molar refractivity (Wildman–Crippen MR) is 90.7 cm³/mol. The Bertz CT molecular complexity index is 604. The van der Waals surface area contributed by atoms with E-state index < -0.39 is 0 Å². The molecule has 0 bridgehead atoms. The summed E-state index contributed by atoms with van der Waals surface area (Å²) in [5.74, 6) is 0.693. The van der Waals surface area contributed by atoms with Crippen LogP contribution < -0.4 is 5.73 Å². The molecule has 0 saturated heterocycles. The molecule has 2 N–H and O–H groups in total. The second-order valence-electron chi connectivity index (χ2n) is 6.36. The van der Waals surface area contributed by atoms with Crippen LogP contribution in [0.4, 0.5) is 0 Å². The first-order chi connectivity index (χ1) is 10.2. The molecule has 0 aliphatic heterocycles. The summed E-state index contributed by atoms with van der Waals surface area (Å²) < 4.78 is 7.58. The largest absolute Gasteiger partial charge is 0.373 e. The van der Waals surface area contributed by atoms with Crippen LogP contribution in [0.3, 0.4) is 0 Å². The number of rotatable bonds is 4. The number of hydrogen-bond acceptors (Lipinski definition) is 3. The van der Waals surface area contributed by atoms with E-state index in [1.807, 2.05) is 0 Å². The van der Waals surface area contributed by atoms with Crippen LogP contribution in [-0.2, 0) is 4.74 Å². The van der Waals surface area contributed by atoms with Gasteiger partial charge in [0.05, 0.1) is 11.6 Å². The summed E-state index contributed by atoms with van der Waals surface area (Å²) in [6, 6.07) is 8.61. The van der Waals surface area contributed by atoms with Crippen LogP contribution in [0.15, 0.2) is 29.6 Å². The Hall–Kier alpha value is -0.900. The molecule has 1 saturated carbocycles. The van der Waals surface area contributed by atoms with E-state index in [0.717, 1.165) is 19.4 Å². The van der Waals surface area contributed by atoms with Crippen molar-refractivity contribution in [3.8, 4) is 0 Å². The number of hydrogen-bond donors (Lipinski definition) is 1. The van der Waals surface area contributed by atoms with Gasteiger partial charge in [-0.05, 0) is 48.1 Å². The number of fused-ring (bicyclic) bond motifs is 1. The van der Waals surface area contributed by atoms with Gasteiger partial charge >= 0.3 is 0 Å². The average molecular weight is 303 g/mol. The summed E-state index contributed by atoms with van der Waals surface area (Å²) in [7, 11) is 0. The molecule has 3 unspecified atom stereocenters. The molecule has 3 heteroatoms. The van der Waals surface area contributed by atoms with Crippen molar-refractivity contribution in [2.45, 2.75) is 51.2 Å². The summed E-state index contributed by atoms with van der Waals surface area (Å²) in [6.45, 7) is 5.14. The quantitative estimate of drug-likeness (QED) is 0.873. The molecule has 3 atom stereocenters. The van der Waals surface area contributed by atoms with Gasteiger partial charge in [-0.2, -0.15) is 0 Å². The van der Waals surface area contributed by atoms with E-state index in [9.17, 15) is 0 Å². The fourth-order valence-electron chi connectivity index (χ4n) is 3.88. The van der Waals surface area contributed by atoms with Gasteiger partial charge in [0.15, 0.2) is 0 Å². The van der Waals surface area contributed by atoms with E-state index in [1.165, 1.54) is 28.5 Å². The van der Waals surface area contributed by atoms with Gasteiger partial charge in [-0.1, -0.05) is 38.0 Å². The van der Waals surface area contributed by atoms with Crippen molar-refractivity contribution in [1.29, 1.82) is 0 Å². The van der Waals surface area contributed by atoms with Crippen molar-refractivity contribution in [1.82, 2.24) is 0 Å². The second-order valence-corrected chi connectivity index (χ2v) is 7.28. The lowest BCUT2D eigenvalue weighted by Gasteiger charge is -2.44. The van der Waals surface area contributed by atoms with Crippen molar-refractivity contribution in [3.05, 3.63) is 35.2 Å². The van der Waals surface area contributed by atoms with Gasteiger partial charge in [0.2, 0.25) is 0 Å². The first kappa shape index (κ1) is 15.0. The van der Waals surface area contributed by atoms with E-state index >= 15 is 0 Å². The number of thiophene rings is 1. The molecule has 0 radical (unpaired) electrons. The third kappa shape index (κ3) is 2.75. The van der Waals surface area contributed by atoms with Gasteiger partial charge in [0.25, 0.3) is 0 Å². The van der Waals surface area contributed by atoms with Crippen molar-refractivity contribution in [2.75, 3.05) is 6.61 Å². The lowest BCUT2D eigenvalue weighted by molar-refractivity contribution is -0.0935. The van der Waals surface area contributed by atoms with Crippen molar-refractivity contribution >= 4 is 21.4 Å². The SMILES string of the molecule is CCOC1(C(N)c2cccc3ccsc23)CCCC(C)C1. The standard InChI is InChI=1S/C18H25NOS/c1-3-20-18(10-5-6-13(2)12-18)17(19)15-8-4-7-14-9-11-21-16(14)15/h4,7-9,11,13,17H,3,5-6,10,12,19H2,1-2H3. The van der Waals surface area contributed by atoms with Gasteiger partial charge < -0.3 is 10.5 Å². The smallest absolute Gasteiger partial charge is 0.0877 e. The summed E-state index contributed by atoms with van der Waals surface area (Å²) in [5, 5.41) is 3.45. The lowest BCUT2D eigenvalue weighted by atomic mass is 9.73. The molecule has 1 aromatic carbocycles. The summed E-state index contributed by atoms with van der Waals surface area (Å²) in [6.07, 6.45) is 4.66. The Balaban J connectivity index is 2.01. The Morgan fingerprint density at radius 1 is 1.43 bits per heavy atom. The van der Waals surface area contributed by atoms with E-state index in [0.29, 0.717) is 5.92 Å². The molecule has 21 heavy (non-hydrogen) atoms. The third-order valence-electron chi connectivity index (χ3n) is 4.83. The van der Waals surface area contributed by atoms with Crippen LogP contribution in [0.5, 0.6) is 0 Å². The molecule has 2 nitrogen and oxygen atoms in total. The van der Waals surface area contributed by atoms with Crippen molar-refractivity contribution in [2.24, 2.45) is 11.7 Å². The summed E-state index contributed by atoms with van der Waals surface area (Å²) in [5.41, 5.74) is 7.82. The Labute approximate surface area is 131 Å². The minimum Gasteiger partial charge on any atom is -0.373 e. The fraction of sp³-hybridized carbons (Fsp3) is 0.556. The normalized spacial score (nSPS) is 27.9. The molecule has 1 aromatic heterocycles. The van der Waals surface area contributed by atoms with Crippen LogP contribution in [0.2, 0.25) is 0 Å². The zero-order valence-corrected chi connectivity index (χ0v) is 13.8. The van der Waals surface area contributed by atoms with E-state index in [1.54, 1.807) is 11.3 Å². The van der Waals surface area contributed by atoms with E-state index in [2.05, 4.69) is 43.5 Å². The van der Waals surface area contributed by atoms with Gasteiger partial charge in [-0.3, -0.25) is 0 Å². The summed E-state index contributed by atoms with van der Waals surface area (Å²) in [4.78, 5) is 0. The monoisotopic (exact) mass is 303 g/mol. The molecule has 2 aromatic rings. The number of benzene rings is 1. The maximum Gasteiger partial charge on any atom is 0.0877 e. The Morgan fingerprint density at radius 3 is 3.05 bits per heavy atom. The Kier molecular flexibility index (Phi) is 4.34. The highest BCUT2D eigenvalue weighted by molar-refractivity contribution is 7.17. The zero-order chi connectivity index (χ0) is 14.9. The van der Waals surface area contributed by atoms with Gasteiger partial charge in [-0.15, -0.1) is 11.3 Å². The van der Waals surface area contributed by atoms with Crippen LogP contribution >= 0.6 is 11.3 Å². The zero-order valence-electron chi connectivity index (χ0n) is 13.0. The molecule has 0 amide bonds. The van der Waals surface area contributed by atoms with E-state index in [-0.39, 0.29) is 11.6 Å². The third-order valence-corrected chi connectivity index (χ3v) is 5.81. The van der Waals surface area contributed by atoms with Crippen LogP contribution in [0.1, 0.15) is 51.1 Å². The van der Waals surface area contributed by atoms with Gasteiger partial charge in [0, 0.05) is 11.3 Å². The van der Waals surface area contributed by atoms with Crippen molar-refractivity contribution < 1.29 is 4.74 Å². The molecule has 1 heterocycles. The molecule has 1 fully saturated rings. The Morgan fingerprint density at radius 2 is 2.29 bits per heavy atom. The molecule has 1 aliphatic rings. The van der Waals surface area contributed by atoms with Gasteiger partial charge in [-0.25, -0.2) is 0 Å². The first-order valence-electron chi connectivity index (χ1n) is 8.02. The van der Waals surface area contributed by atoms with Crippen molar-refractivity contribution in [3.63, 3.8) is 0 Å². The number of ether oxygens (including phenoxy) is 1.